The van der Waals surface area contributed by atoms with Crippen molar-refractivity contribution in [3.05, 3.63) is 88.4 Å². The lowest BCUT2D eigenvalue weighted by molar-refractivity contribution is 0.0697. The quantitative estimate of drug-likeness (QED) is 0.545. The van der Waals surface area contributed by atoms with Crippen LogP contribution in [0.25, 0.3) is 0 Å². The fraction of sp³-hybridized carbons (Fsp3) is 0.0909. The van der Waals surface area contributed by atoms with E-state index in [2.05, 4.69) is 4.99 Å². The largest absolute Gasteiger partial charge is 0.494 e. The fourth-order valence-corrected chi connectivity index (χ4v) is 2.69. The Labute approximate surface area is 167 Å². The summed E-state index contributed by atoms with van der Waals surface area (Å²) in [5.41, 5.74) is 2.53. The molecule has 0 fully saturated rings. The van der Waals surface area contributed by atoms with Gasteiger partial charge in [-0.25, -0.2) is 4.79 Å². The van der Waals surface area contributed by atoms with Crippen LogP contribution in [0.1, 0.15) is 21.5 Å². The van der Waals surface area contributed by atoms with E-state index in [0.717, 1.165) is 11.1 Å². The van der Waals surface area contributed by atoms with Crippen molar-refractivity contribution < 1.29 is 19.4 Å². The highest BCUT2D eigenvalue weighted by molar-refractivity contribution is 6.30. The van der Waals surface area contributed by atoms with Crippen LogP contribution in [-0.4, -0.2) is 24.4 Å². The Kier molecular flexibility index (Phi) is 6.29. The molecule has 0 saturated heterocycles. The van der Waals surface area contributed by atoms with E-state index < -0.39 is 5.97 Å². The third kappa shape index (κ3) is 4.90. The van der Waals surface area contributed by atoms with Crippen LogP contribution in [0.3, 0.4) is 0 Å². The number of methoxy groups -OCH3 is 1. The Balaban J connectivity index is 1.76. The molecule has 1 N–H and O–H groups in total. The van der Waals surface area contributed by atoms with Gasteiger partial charge in [0.25, 0.3) is 0 Å². The maximum atomic E-state index is 10.9. The number of carboxylic acids is 1. The molecule has 0 spiro atoms. The Morgan fingerprint density at radius 3 is 2.54 bits per heavy atom. The van der Waals surface area contributed by atoms with Gasteiger partial charge in [-0.15, -0.1) is 0 Å². The van der Waals surface area contributed by atoms with Crippen LogP contribution in [0.4, 0.5) is 5.69 Å². The Hall–Kier alpha value is -3.31. The number of nitrogens with zero attached hydrogens (tertiary/aromatic N) is 1. The van der Waals surface area contributed by atoms with Crippen molar-refractivity contribution in [3.8, 4) is 11.5 Å². The number of halogens is 1. The number of para-hydroxylation sites is 1. The van der Waals surface area contributed by atoms with E-state index in [0.29, 0.717) is 28.8 Å². The summed E-state index contributed by atoms with van der Waals surface area (Å²) in [5.74, 6) is 0.331. The van der Waals surface area contributed by atoms with Crippen molar-refractivity contribution in [1.82, 2.24) is 0 Å². The van der Waals surface area contributed by atoms with Crippen LogP contribution in [0, 0.1) is 0 Å². The molecular formula is C22H18ClNO4. The maximum absolute atomic E-state index is 10.9. The number of hydrogen-bond acceptors (Lipinski definition) is 4. The summed E-state index contributed by atoms with van der Waals surface area (Å²) in [7, 11) is 1.58. The monoisotopic (exact) mass is 395 g/mol. The molecule has 0 saturated carbocycles. The van der Waals surface area contributed by atoms with E-state index >= 15 is 0 Å². The number of hydrogen-bond donors (Lipinski definition) is 1. The number of aromatic carboxylic acids is 1. The van der Waals surface area contributed by atoms with Gasteiger partial charge in [0.2, 0.25) is 0 Å². The summed E-state index contributed by atoms with van der Waals surface area (Å²) < 4.78 is 11.2. The zero-order chi connectivity index (χ0) is 19.9. The summed E-state index contributed by atoms with van der Waals surface area (Å²) in [5, 5.41) is 9.54. The molecule has 0 bridgehead atoms. The molecule has 142 valence electrons. The van der Waals surface area contributed by atoms with Crippen molar-refractivity contribution in [2.75, 3.05) is 7.11 Å². The van der Waals surface area contributed by atoms with Gasteiger partial charge in [-0.05, 0) is 48.0 Å². The van der Waals surface area contributed by atoms with Gasteiger partial charge in [0.1, 0.15) is 23.8 Å². The van der Waals surface area contributed by atoms with Crippen LogP contribution in [0.2, 0.25) is 5.02 Å². The molecule has 0 aromatic heterocycles. The van der Waals surface area contributed by atoms with Gasteiger partial charge < -0.3 is 14.6 Å². The third-order valence-electron chi connectivity index (χ3n) is 4.00. The van der Waals surface area contributed by atoms with Crippen LogP contribution in [0.5, 0.6) is 11.5 Å². The normalized spacial score (nSPS) is 10.8. The molecular weight excluding hydrogens is 378 g/mol. The molecule has 0 amide bonds. The second kappa shape index (κ2) is 9.06. The van der Waals surface area contributed by atoms with E-state index in [4.69, 9.17) is 26.2 Å². The van der Waals surface area contributed by atoms with Crippen LogP contribution < -0.4 is 9.47 Å². The van der Waals surface area contributed by atoms with Gasteiger partial charge >= 0.3 is 5.97 Å². The molecule has 0 unspecified atom stereocenters. The number of carboxylic acid groups (broad SMARTS) is 1. The lowest BCUT2D eigenvalue weighted by Crippen LogP contribution is -2.00. The maximum Gasteiger partial charge on any atom is 0.335 e. The number of carbonyl (C=O) groups is 1. The molecule has 3 rings (SSSR count). The Morgan fingerprint density at radius 2 is 1.82 bits per heavy atom. The van der Waals surface area contributed by atoms with Crippen molar-refractivity contribution in [2.24, 2.45) is 4.99 Å². The van der Waals surface area contributed by atoms with Crippen molar-refractivity contribution >= 4 is 29.5 Å². The topological polar surface area (TPSA) is 68.1 Å². The number of aliphatic imine (C=N–C) groups is 1. The molecule has 0 aliphatic heterocycles. The second-order valence-electron chi connectivity index (χ2n) is 5.90. The SMILES string of the molecule is COc1ccc(Cl)cc1N=Cc1ccccc1OCc1ccc(C(=O)O)cc1. The molecule has 0 aliphatic rings. The predicted molar refractivity (Wildman–Crippen MR) is 109 cm³/mol. The van der Waals surface area contributed by atoms with E-state index in [-0.39, 0.29) is 5.56 Å². The second-order valence-corrected chi connectivity index (χ2v) is 6.34. The van der Waals surface area contributed by atoms with Gasteiger partial charge in [0, 0.05) is 16.8 Å². The zero-order valence-electron chi connectivity index (χ0n) is 15.1. The van der Waals surface area contributed by atoms with Gasteiger partial charge in [-0.1, -0.05) is 35.9 Å². The summed E-state index contributed by atoms with van der Waals surface area (Å²) in [6.07, 6.45) is 1.69. The molecule has 0 atom stereocenters. The zero-order valence-corrected chi connectivity index (χ0v) is 15.9. The molecule has 0 heterocycles. The lowest BCUT2D eigenvalue weighted by Gasteiger charge is -2.09. The first-order valence-electron chi connectivity index (χ1n) is 8.48. The van der Waals surface area contributed by atoms with Crippen LogP contribution in [0.15, 0.2) is 71.7 Å². The molecule has 3 aromatic carbocycles. The highest BCUT2D eigenvalue weighted by atomic mass is 35.5. The average molecular weight is 396 g/mol. The van der Waals surface area contributed by atoms with Crippen molar-refractivity contribution in [1.29, 1.82) is 0 Å². The first-order chi connectivity index (χ1) is 13.6. The molecule has 0 aliphatic carbocycles. The number of benzene rings is 3. The molecule has 28 heavy (non-hydrogen) atoms. The van der Waals surface area contributed by atoms with Crippen molar-refractivity contribution in [3.63, 3.8) is 0 Å². The van der Waals surface area contributed by atoms with Gasteiger partial charge in [-0.2, -0.15) is 0 Å². The fourth-order valence-electron chi connectivity index (χ4n) is 2.53. The minimum atomic E-state index is -0.953. The molecule has 3 aromatic rings. The van der Waals surface area contributed by atoms with Gasteiger partial charge in [0.05, 0.1) is 12.7 Å². The number of ether oxygens (including phenoxy) is 2. The minimum Gasteiger partial charge on any atom is -0.494 e. The van der Waals surface area contributed by atoms with E-state index in [1.807, 2.05) is 24.3 Å². The van der Waals surface area contributed by atoms with Crippen LogP contribution in [-0.2, 0) is 6.61 Å². The average Bonchev–Trinajstić information content (AvgIpc) is 2.71. The third-order valence-corrected chi connectivity index (χ3v) is 4.23. The first-order valence-corrected chi connectivity index (χ1v) is 8.86. The summed E-state index contributed by atoms with van der Waals surface area (Å²) in [4.78, 5) is 15.4. The lowest BCUT2D eigenvalue weighted by atomic mass is 10.1. The molecule has 0 radical (unpaired) electrons. The minimum absolute atomic E-state index is 0.242. The number of rotatable bonds is 7. The smallest absolute Gasteiger partial charge is 0.335 e. The predicted octanol–water partition coefficient (Wildman–Crippen LogP) is 5.38. The Bertz CT molecular complexity index is 1000. The molecule has 5 nitrogen and oxygen atoms in total. The van der Waals surface area contributed by atoms with Crippen LogP contribution >= 0.6 is 11.6 Å². The highest BCUT2D eigenvalue weighted by Gasteiger charge is 2.06. The Morgan fingerprint density at radius 1 is 1.07 bits per heavy atom. The van der Waals surface area contributed by atoms with Gasteiger partial charge in [-0.3, -0.25) is 4.99 Å². The van der Waals surface area contributed by atoms with E-state index in [1.165, 1.54) is 0 Å². The summed E-state index contributed by atoms with van der Waals surface area (Å²) in [6, 6.07) is 19.3. The van der Waals surface area contributed by atoms with E-state index in [1.54, 1.807) is 55.8 Å². The first kappa shape index (κ1) is 19.5. The standard InChI is InChI=1S/C22H18ClNO4/c1-27-21-11-10-18(23)12-19(21)24-13-17-4-2-3-5-20(17)28-14-15-6-8-16(9-7-15)22(25)26/h2-13H,14H2,1H3,(H,25,26). The van der Waals surface area contributed by atoms with E-state index in [9.17, 15) is 4.79 Å². The summed E-state index contributed by atoms with van der Waals surface area (Å²) in [6.45, 7) is 0.311. The molecule has 6 heteroatoms. The highest BCUT2D eigenvalue weighted by Crippen LogP contribution is 2.30. The van der Waals surface area contributed by atoms with Crippen molar-refractivity contribution in [2.45, 2.75) is 6.61 Å². The summed E-state index contributed by atoms with van der Waals surface area (Å²) >= 11 is 6.04. The van der Waals surface area contributed by atoms with Gasteiger partial charge in [0.15, 0.2) is 0 Å².